The summed E-state index contributed by atoms with van der Waals surface area (Å²) in [6.45, 7) is 1.38. The third-order valence-corrected chi connectivity index (χ3v) is 8.32. The highest BCUT2D eigenvalue weighted by atomic mass is 33.1. The monoisotopic (exact) mass is 379 g/mol. The fourth-order valence-electron chi connectivity index (χ4n) is 3.70. The maximum Gasteiger partial charge on any atom is 0.222 e. The lowest BCUT2D eigenvalue weighted by Gasteiger charge is -2.38. The minimum atomic E-state index is -0.657. The number of amides is 1. The topological polar surface area (TPSA) is 40.5 Å². The average Bonchev–Trinajstić information content (AvgIpc) is 3.13. The van der Waals surface area contributed by atoms with Gasteiger partial charge < -0.3 is 10.0 Å². The summed E-state index contributed by atoms with van der Waals surface area (Å²) in [7, 11) is 4.01. The zero-order valence-electron chi connectivity index (χ0n) is 14.9. The van der Waals surface area contributed by atoms with E-state index >= 15 is 0 Å². The molecule has 0 saturated carbocycles. The van der Waals surface area contributed by atoms with Crippen molar-refractivity contribution >= 4 is 27.5 Å². The van der Waals surface area contributed by atoms with E-state index in [-0.39, 0.29) is 5.91 Å². The van der Waals surface area contributed by atoms with Gasteiger partial charge in [-0.2, -0.15) is 0 Å². The molecule has 1 unspecified atom stereocenters. The Morgan fingerprint density at radius 3 is 2.64 bits per heavy atom. The van der Waals surface area contributed by atoms with E-state index in [9.17, 15) is 9.90 Å². The van der Waals surface area contributed by atoms with Crippen molar-refractivity contribution in [2.45, 2.75) is 62.2 Å². The minimum absolute atomic E-state index is 0.273. The van der Waals surface area contributed by atoms with E-state index in [0.29, 0.717) is 38.8 Å². The first-order chi connectivity index (χ1) is 12.1. The van der Waals surface area contributed by atoms with Crippen LogP contribution in [-0.4, -0.2) is 45.6 Å². The van der Waals surface area contributed by atoms with Crippen LogP contribution in [0.25, 0.3) is 0 Å². The minimum Gasteiger partial charge on any atom is -0.389 e. The van der Waals surface area contributed by atoms with Crippen LogP contribution in [0.1, 0.15) is 50.5 Å². The molecule has 2 aliphatic heterocycles. The van der Waals surface area contributed by atoms with Crippen LogP contribution in [0.15, 0.2) is 30.3 Å². The molecule has 3 rings (SSSR count). The highest BCUT2D eigenvalue weighted by Crippen LogP contribution is 2.39. The summed E-state index contributed by atoms with van der Waals surface area (Å²) < 4.78 is 0. The van der Waals surface area contributed by atoms with E-state index in [1.807, 2.05) is 44.7 Å². The number of carbonyl (C=O) groups excluding carboxylic acids is 1. The third-order valence-electron chi connectivity index (χ3n) is 5.32. The van der Waals surface area contributed by atoms with Gasteiger partial charge in [0.15, 0.2) is 0 Å². The molecule has 5 heteroatoms. The molecule has 3 nitrogen and oxygen atoms in total. The number of carbonyl (C=O) groups is 1. The summed E-state index contributed by atoms with van der Waals surface area (Å²) in [5.74, 6) is 1.56. The third kappa shape index (κ3) is 5.93. The Labute approximate surface area is 159 Å². The molecular weight excluding hydrogens is 350 g/mol. The van der Waals surface area contributed by atoms with E-state index in [1.54, 1.807) is 0 Å². The van der Waals surface area contributed by atoms with Gasteiger partial charge in [-0.3, -0.25) is 4.79 Å². The van der Waals surface area contributed by atoms with Gasteiger partial charge in [-0.05, 0) is 37.7 Å². The van der Waals surface area contributed by atoms with Gasteiger partial charge in [0.2, 0.25) is 5.91 Å². The normalized spacial score (nSPS) is 22.9. The molecule has 2 fully saturated rings. The van der Waals surface area contributed by atoms with E-state index in [2.05, 4.69) is 12.1 Å². The number of hydrogen-bond donors (Lipinski definition) is 1. The summed E-state index contributed by atoms with van der Waals surface area (Å²) in [5, 5.41) is 11.6. The number of aliphatic hydroxyl groups is 1. The van der Waals surface area contributed by atoms with Crippen LogP contribution in [0.5, 0.6) is 0 Å². The molecule has 0 spiro atoms. The number of rotatable bonds is 7. The number of unbranched alkanes of at least 4 members (excludes halogenated alkanes) is 1. The van der Waals surface area contributed by atoms with Crippen molar-refractivity contribution in [3.05, 3.63) is 35.9 Å². The molecule has 0 aromatic heterocycles. The van der Waals surface area contributed by atoms with Gasteiger partial charge in [0.25, 0.3) is 0 Å². The molecule has 1 atom stereocenters. The van der Waals surface area contributed by atoms with E-state index in [0.717, 1.165) is 18.1 Å². The maximum absolute atomic E-state index is 12.4. The Balaban J connectivity index is 1.35. The van der Waals surface area contributed by atoms with Gasteiger partial charge >= 0.3 is 0 Å². The summed E-state index contributed by atoms with van der Waals surface area (Å²) in [6, 6.07) is 10.2. The van der Waals surface area contributed by atoms with Crippen molar-refractivity contribution in [3.63, 3.8) is 0 Å². The van der Waals surface area contributed by atoms with Crippen molar-refractivity contribution < 1.29 is 9.90 Å². The first-order valence-electron chi connectivity index (χ1n) is 9.47. The zero-order chi connectivity index (χ0) is 17.5. The summed E-state index contributed by atoms with van der Waals surface area (Å²) >= 11 is 0. The van der Waals surface area contributed by atoms with Gasteiger partial charge in [-0.1, -0.05) is 58.3 Å². The van der Waals surface area contributed by atoms with Crippen molar-refractivity contribution in [2.75, 3.05) is 18.8 Å². The Hall–Kier alpha value is -0.650. The number of piperidine rings is 1. The second-order valence-electron chi connectivity index (χ2n) is 7.34. The lowest BCUT2D eigenvalue weighted by Crippen LogP contribution is -2.47. The van der Waals surface area contributed by atoms with Gasteiger partial charge in [0.05, 0.1) is 5.60 Å². The molecule has 2 aliphatic rings. The van der Waals surface area contributed by atoms with Crippen molar-refractivity contribution in [1.29, 1.82) is 0 Å². The van der Waals surface area contributed by atoms with Crippen LogP contribution in [0.3, 0.4) is 0 Å². The molecule has 1 aromatic carbocycles. The van der Waals surface area contributed by atoms with Crippen LogP contribution in [-0.2, 0) is 11.2 Å². The van der Waals surface area contributed by atoms with Crippen LogP contribution in [0.2, 0.25) is 0 Å². The smallest absolute Gasteiger partial charge is 0.222 e. The van der Waals surface area contributed by atoms with Crippen LogP contribution in [0, 0.1) is 0 Å². The molecule has 0 radical (unpaired) electrons. The number of hydrogen-bond acceptors (Lipinski definition) is 4. The number of benzene rings is 1. The average molecular weight is 380 g/mol. The van der Waals surface area contributed by atoms with Gasteiger partial charge in [-0.15, -0.1) is 0 Å². The molecule has 0 bridgehead atoms. The van der Waals surface area contributed by atoms with Crippen LogP contribution >= 0.6 is 21.6 Å². The second-order valence-corrected chi connectivity index (χ2v) is 10.1. The second kappa shape index (κ2) is 9.33. The standard InChI is InChI=1S/C20H29NO2S2/c22-19(9-5-4-8-18-10-15-24-25-18)21-13-11-20(23,12-14-21)16-17-6-2-1-3-7-17/h1-3,6-7,18,23H,4-5,8-16H2. The number of nitrogens with zero attached hydrogens (tertiary/aromatic N) is 1. The molecule has 1 N–H and O–H groups in total. The Kier molecular flexibility index (Phi) is 7.14. The summed E-state index contributed by atoms with van der Waals surface area (Å²) in [4.78, 5) is 14.4. The lowest BCUT2D eigenvalue weighted by molar-refractivity contribution is -0.135. The first-order valence-corrected chi connectivity index (χ1v) is 11.9. The fraction of sp³-hybridized carbons (Fsp3) is 0.650. The van der Waals surface area contributed by atoms with Gasteiger partial charge in [0, 0.05) is 36.9 Å². The largest absolute Gasteiger partial charge is 0.389 e. The van der Waals surface area contributed by atoms with E-state index < -0.39 is 5.60 Å². The maximum atomic E-state index is 12.4. The Morgan fingerprint density at radius 1 is 1.20 bits per heavy atom. The van der Waals surface area contributed by atoms with E-state index in [4.69, 9.17) is 0 Å². The van der Waals surface area contributed by atoms with Crippen molar-refractivity contribution in [2.24, 2.45) is 0 Å². The molecule has 0 aliphatic carbocycles. The molecule has 138 valence electrons. The summed E-state index contributed by atoms with van der Waals surface area (Å²) in [5.41, 5.74) is 0.517. The molecule has 25 heavy (non-hydrogen) atoms. The fourth-order valence-corrected chi connectivity index (χ4v) is 6.72. The zero-order valence-corrected chi connectivity index (χ0v) is 16.5. The lowest BCUT2D eigenvalue weighted by atomic mass is 9.85. The van der Waals surface area contributed by atoms with Crippen molar-refractivity contribution in [1.82, 2.24) is 4.90 Å². The van der Waals surface area contributed by atoms with Crippen molar-refractivity contribution in [3.8, 4) is 0 Å². The molecule has 1 aromatic rings. The summed E-state index contributed by atoms with van der Waals surface area (Å²) in [6.07, 6.45) is 7.47. The number of likely N-dealkylation sites (tertiary alicyclic amines) is 1. The SMILES string of the molecule is O=C(CCCCC1CCSS1)N1CCC(O)(Cc2ccccc2)CC1. The molecule has 2 saturated heterocycles. The molecular formula is C20H29NO2S2. The predicted molar refractivity (Wildman–Crippen MR) is 108 cm³/mol. The predicted octanol–water partition coefficient (Wildman–Crippen LogP) is 4.30. The van der Waals surface area contributed by atoms with Crippen LogP contribution in [0.4, 0.5) is 0 Å². The first kappa shape index (κ1) is 19.1. The van der Waals surface area contributed by atoms with Gasteiger partial charge in [-0.25, -0.2) is 0 Å². The highest BCUT2D eigenvalue weighted by molar-refractivity contribution is 8.77. The van der Waals surface area contributed by atoms with Crippen LogP contribution < -0.4 is 0 Å². The Morgan fingerprint density at radius 2 is 1.96 bits per heavy atom. The van der Waals surface area contributed by atoms with Gasteiger partial charge in [0.1, 0.15) is 0 Å². The van der Waals surface area contributed by atoms with E-state index in [1.165, 1.54) is 24.2 Å². The quantitative estimate of drug-likeness (QED) is 0.566. The Bertz CT molecular complexity index is 538. The highest BCUT2D eigenvalue weighted by Gasteiger charge is 2.33. The molecule has 2 heterocycles. The molecule has 1 amide bonds.